The van der Waals surface area contributed by atoms with Gasteiger partial charge in [-0.25, -0.2) is 18.2 Å². The molecule has 1 aliphatic rings. The first-order chi connectivity index (χ1) is 15.3. The minimum Gasteiger partial charge on any atom is -0.307 e. The summed E-state index contributed by atoms with van der Waals surface area (Å²) in [6.07, 6.45) is 6.73. The summed E-state index contributed by atoms with van der Waals surface area (Å²) < 4.78 is 29.3. The number of rotatable bonds is 7. The SMILES string of the molecule is CC(C)c1cnn(-c2ccncc2)c1Nc1n[nH]c(S(=O)(=O)N2CCC(N(C)C)CC2)n1. The first kappa shape index (κ1) is 22.4. The summed E-state index contributed by atoms with van der Waals surface area (Å²) in [5.41, 5.74) is 1.78. The number of hydrogen-bond acceptors (Lipinski definition) is 8. The van der Waals surface area contributed by atoms with E-state index < -0.39 is 10.0 Å². The Morgan fingerprint density at radius 1 is 1.19 bits per heavy atom. The monoisotopic (exact) mass is 459 g/mol. The molecule has 1 fully saturated rings. The van der Waals surface area contributed by atoms with Gasteiger partial charge >= 0.3 is 0 Å². The summed E-state index contributed by atoms with van der Waals surface area (Å²) in [6, 6.07) is 4.07. The summed E-state index contributed by atoms with van der Waals surface area (Å²) >= 11 is 0. The molecule has 0 unspecified atom stereocenters. The van der Waals surface area contributed by atoms with Gasteiger partial charge in [0.25, 0.3) is 15.2 Å². The highest BCUT2D eigenvalue weighted by atomic mass is 32.2. The van der Waals surface area contributed by atoms with Crippen molar-refractivity contribution in [3.05, 3.63) is 36.3 Å². The molecule has 4 rings (SSSR count). The van der Waals surface area contributed by atoms with Gasteiger partial charge in [-0.05, 0) is 45.0 Å². The van der Waals surface area contributed by atoms with Crippen molar-refractivity contribution >= 4 is 21.8 Å². The van der Waals surface area contributed by atoms with Crippen molar-refractivity contribution in [2.24, 2.45) is 0 Å². The molecule has 0 radical (unpaired) electrons. The van der Waals surface area contributed by atoms with Crippen LogP contribution in [-0.4, -0.2) is 80.8 Å². The van der Waals surface area contributed by atoms with Crippen LogP contribution in [-0.2, 0) is 10.0 Å². The van der Waals surface area contributed by atoms with Crippen molar-refractivity contribution in [1.29, 1.82) is 0 Å². The number of nitrogens with one attached hydrogen (secondary N) is 2. The maximum absolute atomic E-state index is 13.1. The number of H-pyrrole nitrogens is 1. The van der Waals surface area contributed by atoms with Crippen LogP contribution in [0.4, 0.5) is 11.8 Å². The van der Waals surface area contributed by atoms with E-state index in [1.165, 1.54) is 4.31 Å². The molecule has 172 valence electrons. The number of anilines is 2. The standard InChI is InChI=1S/C20H29N9O2S/c1-14(2)17-13-22-29(16-5-9-21-10-6-16)18(17)23-19-24-20(26-25-19)32(30,31)28-11-7-15(8-12-28)27(3)4/h5-6,9-10,13-15H,7-8,11-12H2,1-4H3,(H2,23,24,25,26). The summed E-state index contributed by atoms with van der Waals surface area (Å²) in [7, 11) is 0.295. The van der Waals surface area contributed by atoms with E-state index in [0.29, 0.717) is 24.9 Å². The molecular weight excluding hydrogens is 430 g/mol. The summed E-state index contributed by atoms with van der Waals surface area (Å²) in [4.78, 5) is 10.4. The average molecular weight is 460 g/mol. The molecule has 0 spiro atoms. The normalized spacial score (nSPS) is 16.2. The summed E-state index contributed by atoms with van der Waals surface area (Å²) in [6.45, 7) is 5.04. The molecule has 0 saturated carbocycles. The molecule has 0 atom stereocenters. The van der Waals surface area contributed by atoms with Gasteiger partial charge in [-0.3, -0.25) is 4.98 Å². The van der Waals surface area contributed by atoms with Crippen molar-refractivity contribution < 1.29 is 8.42 Å². The molecule has 2 N–H and O–H groups in total. The molecule has 1 aliphatic heterocycles. The van der Waals surface area contributed by atoms with Crippen molar-refractivity contribution in [2.75, 3.05) is 32.5 Å². The fourth-order valence-corrected chi connectivity index (χ4v) is 5.13. The molecule has 0 aliphatic carbocycles. The lowest BCUT2D eigenvalue weighted by molar-refractivity contribution is 0.196. The van der Waals surface area contributed by atoms with Crippen LogP contribution in [0.15, 0.2) is 35.9 Å². The van der Waals surface area contributed by atoms with Crippen LogP contribution >= 0.6 is 0 Å². The number of hydrogen-bond donors (Lipinski definition) is 2. The third kappa shape index (κ3) is 4.38. The average Bonchev–Trinajstić information content (AvgIpc) is 3.42. The van der Waals surface area contributed by atoms with E-state index in [4.69, 9.17) is 0 Å². The van der Waals surface area contributed by atoms with Gasteiger partial charge in [0.2, 0.25) is 5.95 Å². The van der Waals surface area contributed by atoms with Gasteiger partial charge in [-0.15, -0.1) is 5.10 Å². The van der Waals surface area contributed by atoms with Gasteiger partial charge in [0.05, 0.1) is 11.9 Å². The maximum Gasteiger partial charge on any atom is 0.278 e. The van der Waals surface area contributed by atoms with Gasteiger partial charge in [-0.2, -0.15) is 14.4 Å². The Balaban J connectivity index is 1.57. The van der Waals surface area contributed by atoms with E-state index in [1.54, 1.807) is 23.3 Å². The largest absolute Gasteiger partial charge is 0.307 e. The fourth-order valence-electron chi connectivity index (χ4n) is 3.84. The predicted octanol–water partition coefficient (Wildman–Crippen LogP) is 1.97. The highest BCUT2D eigenvalue weighted by Crippen LogP contribution is 2.29. The van der Waals surface area contributed by atoms with Crippen LogP contribution in [0.2, 0.25) is 0 Å². The molecule has 12 heteroatoms. The van der Waals surface area contributed by atoms with Crippen molar-refractivity contribution in [3.8, 4) is 5.69 Å². The molecule has 0 bridgehead atoms. The maximum atomic E-state index is 13.1. The third-order valence-electron chi connectivity index (χ3n) is 5.76. The second-order valence-corrected chi connectivity index (χ2v) is 10.3. The Hall–Kier alpha value is -2.83. The van der Waals surface area contributed by atoms with Crippen LogP contribution < -0.4 is 5.32 Å². The zero-order valence-electron chi connectivity index (χ0n) is 18.7. The van der Waals surface area contributed by atoms with Crippen LogP contribution in [0.25, 0.3) is 5.69 Å². The van der Waals surface area contributed by atoms with Gasteiger partial charge in [0.1, 0.15) is 5.82 Å². The minimum absolute atomic E-state index is 0.163. The molecule has 1 saturated heterocycles. The lowest BCUT2D eigenvalue weighted by Gasteiger charge is -2.33. The molecule has 11 nitrogen and oxygen atoms in total. The Kier molecular flexibility index (Phi) is 6.26. The fraction of sp³-hybridized carbons (Fsp3) is 0.500. The van der Waals surface area contributed by atoms with Gasteiger partial charge < -0.3 is 10.2 Å². The van der Waals surface area contributed by atoms with Crippen molar-refractivity contribution in [3.63, 3.8) is 0 Å². The zero-order valence-corrected chi connectivity index (χ0v) is 19.5. The second kappa shape index (κ2) is 8.96. The highest BCUT2D eigenvalue weighted by molar-refractivity contribution is 7.88. The smallest absolute Gasteiger partial charge is 0.278 e. The topological polar surface area (TPSA) is 125 Å². The van der Waals surface area contributed by atoms with Crippen LogP contribution in [0.3, 0.4) is 0 Å². The Bertz CT molecular complexity index is 1150. The Labute approximate surface area is 187 Å². The van der Waals surface area contributed by atoms with E-state index in [9.17, 15) is 8.42 Å². The van der Waals surface area contributed by atoms with Gasteiger partial charge in [0.15, 0.2) is 0 Å². The van der Waals surface area contributed by atoms with Crippen molar-refractivity contribution in [2.45, 2.75) is 43.8 Å². The van der Waals surface area contributed by atoms with Crippen LogP contribution in [0.1, 0.15) is 38.2 Å². The van der Waals surface area contributed by atoms with E-state index in [2.05, 4.69) is 49.3 Å². The molecule has 4 heterocycles. The van der Waals surface area contributed by atoms with Gasteiger partial charge in [-0.1, -0.05) is 13.8 Å². The van der Waals surface area contributed by atoms with Crippen LogP contribution in [0, 0.1) is 0 Å². The van der Waals surface area contributed by atoms with E-state index in [1.807, 2.05) is 26.2 Å². The molecule has 0 amide bonds. The number of sulfonamides is 1. The second-order valence-electron chi connectivity index (χ2n) is 8.41. The summed E-state index contributed by atoms with van der Waals surface area (Å²) in [5, 5.41) is 14.2. The van der Waals surface area contributed by atoms with Crippen LogP contribution in [0.5, 0.6) is 0 Å². The number of aromatic nitrogens is 6. The molecule has 32 heavy (non-hydrogen) atoms. The molecule has 3 aromatic rings. The van der Waals surface area contributed by atoms with E-state index in [-0.39, 0.29) is 17.0 Å². The van der Waals surface area contributed by atoms with E-state index in [0.717, 1.165) is 24.1 Å². The lowest BCUT2D eigenvalue weighted by Crippen LogP contribution is -2.44. The number of piperidine rings is 1. The first-order valence-electron chi connectivity index (χ1n) is 10.6. The highest BCUT2D eigenvalue weighted by Gasteiger charge is 2.32. The zero-order chi connectivity index (χ0) is 22.9. The van der Waals surface area contributed by atoms with Gasteiger partial charge in [0, 0.05) is 37.1 Å². The third-order valence-corrected chi connectivity index (χ3v) is 7.48. The summed E-state index contributed by atoms with van der Waals surface area (Å²) in [5.74, 6) is 1.04. The predicted molar refractivity (Wildman–Crippen MR) is 121 cm³/mol. The van der Waals surface area contributed by atoms with Crippen molar-refractivity contribution in [1.82, 2.24) is 39.2 Å². The Morgan fingerprint density at radius 3 is 2.50 bits per heavy atom. The number of pyridine rings is 1. The number of aromatic amines is 1. The molecular formula is C20H29N9O2S. The minimum atomic E-state index is -3.74. The van der Waals surface area contributed by atoms with E-state index >= 15 is 0 Å². The molecule has 0 aromatic carbocycles. The first-order valence-corrected chi connectivity index (χ1v) is 12.1. The lowest BCUT2D eigenvalue weighted by atomic mass is 10.1. The number of nitrogens with zero attached hydrogens (tertiary/aromatic N) is 7. The Morgan fingerprint density at radius 2 is 1.88 bits per heavy atom. The molecule has 3 aromatic heterocycles. The quantitative estimate of drug-likeness (QED) is 0.549.